The molecule has 0 amide bonds. The number of hydrogen-bond acceptors (Lipinski definition) is 2. The summed E-state index contributed by atoms with van der Waals surface area (Å²) in [5.41, 5.74) is 11.0. The van der Waals surface area contributed by atoms with Crippen molar-refractivity contribution in [2.75, 3.05) is 5.73 Å². The van der Waals surface area contributed by atoms with Gasteiger partial charge >= 0.3 is 0 Å². The highest BCUT2D eigenvalue weighted by Gasteiger charge is 2.06. The minimum absolute atomic E-state index is 0.640. The van der Waals surface area contributed by atoms with Gasteiger partial charge in [0.1, 0.15) is 5.82 Å². The van der Waals surface area contributed by atoms with Crippen molar-refractivity contribution >= 4 is 34.4 Å². The van der Waals surface area contributed by atoms with E-state index in [4.69, 9.17) is 5.73 Å². The zero-order chi connectivity index (χ0) is 15.7. The van der Waals surface area contributed by atoms with Gasteiger partial charge in [0.25, 0.3) is 0 Å². The number of allylic oxidation sites excluding steroid dienone is 3. The molecule has 0 saturated heterocycles. The molecule has 0 unspecified atom stereocenters. The van der Waals surface area contributed by atoms with Crippen molar-refractivity contribution in [3.63, 3.8) is 0 Å². The second-order valence-electron chi connectivity index (χ2n) is 6.20. The second kappa shape index (κ2) is 5.80. The second-order valence-corrected chi connectivity index (χ2v) is 6.20. The number of aromatic nitrogens is 1. The van der Waals surface area contributed by atoms with Crippen molar-refractivity contribution in [3.05, 3.63) is 51.9 Å². The maximum Gasteiger partial charge on any atom is 0.131 e. The van der Waals surface area contributed by atoms with Crippen molar-refractivity contribution in [1.82, 2.24) is 4.98 Å². The van der Waals surface area contributed by atoms with Crippen LogP contribution in [-0.2, 0) is 0 Å². The van der Waals surface area contributed by atoms with Gasteiger partial charge in [0.05, 0.1) is 5.52 Å². The molecule has 1 aromatic heterocycles. The highest BCUT2D eigenvalue weighted by atomic mass is 14.8. The molecule has 1 aromatic carbocycles. The van der Waals surface area contributed by atoms with Crippen molar-refractivity contribution < 1.29 is 0 Å². The Labute approximate surface area is 131 Å². The lowest BCUT2D eigenvalue weighted by molar-refractivity contribution is 1.05. The Hall–Kier alpha value is -2.35. The molecule has 0 aliphatic heterocycles. The van der Waals surface area contributed by atoms with E-state index in [1.807, 2.05) is 0 Å². The zero-order valence-corrected chi connectivity index (χ0v) is 13.5. The van der Waals surface area contributed by atoms with Gasteiger partial charge in [-0.25, -0.2) is 4.98 Å². The number of pyridine rings is 1. The highest BCUT2D eigenvalue weighted by Crippen LogP contribution is 2.15. The van der Waals surface area contributed by atoms with E-state index in [0.717, 1.165) is 23.6 Å². The van der Waals surface area contributed by atoms with Gasteiger partial charge in [-0.3, -0.25) is 0 Å². The number of nitrogen functional groups attached to an aromatic ring is 1. The Kier molecular flexibility index (Phi) is 3.84. The molecular weight excluding hydrogens is 268 g/mol. The molecular formula is C20H22N2. The number of benzene rings is 1. The van der Waals surface area contributed by atoms with Crippen LogP contribution in [0.25, 0.3) is 28.6 Å². The zero-order valence-electron chi connectivity index (χ0n) is 13.5. The summed E-state index contributed by atoms with van der Waals surface area (Å²) in [6.45, 7) is 6.36. The number of nitrogens with zero attached hydrogens (tertiary/aromatic N) is 1. The largest absolute Gasteiger partial charge is 0.383 e. The summed E-state index contributed by atoms with van der Waals surface area (Å²) in [5.74, 6) is 0.640. The van der Waals surface area contributed by atoms with Crippen molar-refractivity contribution in [3.8, 4) is 0 Å². The van der Waals surface area contributed by atoms with Gasteiger partial charge in [-0.1, -0.05) is 47.6 Å². The van der Waals surface area contributed by atoms with Crippen LogP contribution in [0.3, 0.4) is 0 Å². The molecule has 2 heteroatoms. The van der Waals surface area contributed by atoms with Crippen LogP contribution in [0, 0.1) is 0 Å². The van der Waals surface area contributed by atoms with Crippen LogP contribution in [0.1, 0.15) is 39.2 Å². The molecule has 2 aromatic rings. The first-order chi connectivity index (χ1) is 10.6. The van der Waals surface area contributed by atoms with Gasteiger partial charge in [0, 0.05) is 10.6 Å². The predicted octanol–water partition coefficient (Wildman–Crippen LogP) is 3.54. The molecule has 2 N–H and O–H groups in total. The monoisotopic (exact) mass is 290 g/mol. The van der Waals surface area contributed by atoms with E-state index in [9.17, 15) is 0 Å². The fourth-order valence-electron chi connectivity index (χ4n) is 3.06. The van der Waals surface area contributed by atoms with E-state index >= 15 is 0 Å². The molecule has 3 rings (SSSR count). The van der Waals surface area contributed by atoms with Gasteiger partial charge in [-0.15, -0.1) is 0 Å². The smallest absolute Gasteiger partial charge is 0.131 e. The lowest BCUT2D eigenvalue weighted by Gasteiger charge is -2.09. The normalized spacial score (nSPS) is 19.5. The SMILES string of the molecule is CC(C)=Cc1ccc2c3/c(c(N)nc2c1)=C(\C)CC/C=C\C=3. The van der Waals surface area contributed by atoms with Crippen LogP contribution in [0.15, 0.2) is 35.9 Å². The Morgan fingerprint density at radius 2 is 2.09 bits per heavy atom. The summed E-state index contributed by atoms with van der Waals surface area (Å²) in [6.07, 6.45) is 10.8. The summed E-state index contributed by atoms with van der Waals surface area (Å²) in [7, 11) is 0. The Morgan fingerprint density at radius 3 is 2.86 bits per heavy atom. The summed E-state index contributed by atoms with van der Waals surface area (Å²) in [6, 6.07) is 6.43. The Balaban J connectivity index is 2.42. The first-order valence-electron chi connectivity index (χ1n) is 7.77. The van der Waals surface area contributed by atoms with Crippen molar-refractivity contribution in [2.45, 2.75) is 33.6 Å². The molecule has 22 heavy (non-hydrogen) atoms. The third-order valence-corrected chi connectivity index (χ3v) is 4.05. The summed E-state index contributed by atoms with van der Waals surface area (Å²) in [5, 5.41) is 3.48. The molecule has 0 spiro atoms. The van der Waals surface area contributed by atoms with Crippen LogP contribution < -0.4 is 16.2 Å². The molecule has 1 heterocycles. The first-order valence-corrected chi connectivity index (χ1v) is 7.77. The summed E-state index contributed by atoms with van der Waals surface area (Å²) >= 11 is 0. The fourth-order valence-corrected chi connectivity index (χ4v) is 3.06. The van der Waals surface area contributed by atoms with Gasteiger partial charge in [0.15, 0.2) is 0 Å². The van der Waals surface area contributed by atoms with Gasteiger partial charge < -0.3 is 5.73 Å². The Morgan fingerprint density at radius 1 is 1.27 bits per heavy atom. The summed E-state index contributed by atoms with van der Waals surface area (Å²) in [4.78, 5) is 4.66. The molecule has 0 fully saturated rings. The van der Waals surface area contributed by atoms with Crippen LogP contribution >= 0.6 is 0 Å². The van der Waals surface area contributed by atoms with E-state index in [1.165, 1.54) is 27.3 Å². The lowest BCUT2D eigenvalue weighted by Crippen LogP contribution is -2.32. The quantitative estimate of drug-likeness (QED) is 0.872. The predicted molar refractivity (Wildman–Crippen MR) is 96.7 cm³/mol. The number of hydrogen-bond donors (Lipinski definition) is 1. The third kappa shape index (κ3) is 2.69. The molecule has 0 saturated carbocycles. The molecule has 2 nitrogen and oxygen atoms in total. The van der Waals surface area contributed by atoms with Crippen molar-refractivity contribution in [2.24, 2.45) is 0 Å². The molecule has 112 valence electrons. The molecule has 1 aliphatic carbocycles. The van der Waals surface area contributed by atoms with E-state index in [0.29, 0.717) is 5.82 Å². The number of anilines is 1. The van der Waals surface area contributed by atoms with Crippen LogP contribution in [0.2, 0.25) is 0 Å². The average molecular weight is 290 g/mol. The first kappa shape index (κ1) is 14.6. The average Bonchev–Trinajstić information content (AvgIpc) is 2.42. The lowest BCUT2D eigenvalue weighted by atomic mass is 10.0. The van der Waals surface area contributed by atoms with E-state index in [2.05, 4.69) is 68.3 Å². The standard InChI is InChI=1S/C20H22N2/c1-13(2)11-15-9-10-16-17-8-6-4-5-7-14(3)19(17)20(21)22-18(16)12-15/h4,6,8-12H,5,7H2,1-3H3,(H2,21,22)/b6-4-,17-8-,19-14-. The maximum atomic E-state index is 6.28. The fraction of sp³-hybridized carbons (Fsp3) is 0.250. The van der Waals surface area contributed by atoms with Gasteiger partial charge in [0.2, 0.25) is 0 Å². The number of rotatable bonds is 1. The number of nitrogens with two attached hydrogens (primary N) is 1. The van der Waals surface area contributed by atoms with E-state index in [1.54, 1.807) is 0 Å². The molecule has 0 bridgehead atoms. The third-order valence-electron chi connectivity index (χ3n) is 4.05. The van der Waals surface area contributed by atoms with E-state index in [-0.39, 0.29) is 0 Å². The van der Waals surface area contributed by atoms with E-state index < -0.39 is 0 Å². The van der Waals surface area contributed by atoms with Gasteiger partial charge in [-0.05, 0) is 50.5 Å². The summed E-state index contributed by atoms with van der Waals surface area (Å²) < 4.78 is 0. The molecule has 0 atom stereocenters. The van der Waals surface area contributed by atoms with Crippen LogP contribution in [0.4, 0.5) is 5.82 Å². The minimum atomic E-state index is 0.640. The van der Waals surface area contributed by atoms with Crippen LogP contribution in [0.5, 0.6) is 0 Å². The Bertz CT molecular complexity index is 911. The minimum Gasteiger partial charge on any atom is -0.383 e. The maximum absolute atomic E-state index is 6.28. The topological polar surface area (TPSA) is 38.9 Å². The molecule has 1 aliphatic rings. The molecule has 0 radical (unpaired) electrons. The van der Waals surface area contributed by atoms with Crippen LogP contribution in [-0.4, -0.2) is 4.98 Å². The highest BCUT2D eigenvalue weighted by molar-refractivity contribution is 5.85. The van der Waals surface area contributed by atoms with Crippen molar-refractivity contribution in [1.29, 1.82) is 0 Å². The number of fused-ring (bicyclic) bond motifs is 3. The van der Waals surface area contributed by atoms with Gasteiger partial charge in [-0.2, -0.15) is 0 Å².